The molecular weight excluding hydrogens is 323 g/mol. The number of aromatic nitrogens is 2. The van der Waals surface area contributed by atoms with Crippen molar-refractivity contribution in [1.29, 1.82) is 0 Å². The van der Waals surface area contributed by atoms with Gasteiger partial charge >= 0.3 is 152 Å². The van der Waals surface area contributed by atoms with Crippen molar-refractivity contribution in [2.24, 2.45) is 0 Å². The van der Waals surface area contributed by atoms with E-state index in [1.165, 1.54) is 15.9 Å². The molecule has 0 saturated carbocycles. The third-order valence-corrected chi connectivity index (χ3v) is 10.4. The van der Waals surface area contributed by atoms with Gasteiger partial charge in [0.1, 0.15) is 0 Å². The Morgan fingerprint density at radius 3 is 1.64 bits per heavy atom. The van der Waals surface area contributed by atoms with Gasteiger partial charge in [0.05, 0.1) is 0 Å². The van der Waals surface area contributed by atoms with E-state index < -0.39 is 7.26 Å². The van der Waals surface area contributed by atoms with E-state index in [1.54, 1.807) is 0 Å². The third-order valence-electron chi connectivity index (χ3n) is 5.05. The zero-order chi connectivity index (χ0) is 18.1. The van der Waals surface area contributed by atoms with Crippen LogP contribution in [0.1, 0.15) is 34.6 Å². The fourth-order valence-electron chi connectivity index (χ4n) is 3.80. The van der Waals surface area contributed by atoms with Gasteiger partial charge in [0.15, 0.2) is 0 Å². The third kappa shape index (κ3) is 3.16. The summed E-state index contributed by atoms with van der Waals surface area (Å²) in [7, 11) is -2.14. The molecule has 3 aromatic rings. The van der Waals surface area contributed by atoms with Crippen molar-refractivity contribution in [2.75, 3.05) is 0 Å². The molecule has 0 saturated heterocycles. The quantitative estimate of drug-likeness (QED) is 0.647. The zero-order valence-corrected chi connectivity index (χ0v) is 16.9. The molecule has 25 heavy (non-hydrogen) atoms. The molecule has 3 rings (SSSR count). The number of rotatable bonds is 4. The van der Waals surface area contributed by atoms with Gasteiger partial charge in [-0.25, -0.2) is 0 Å². The van der Waals surface area contributed by atoms with Gasteiger partial charge in [0.2, 0.25) is 0 Å². The van der Waals surface area contributed by atoms with E-state index in [0.717, 1.165) is 0 Å². The number of nitrogens with zero attached hydrogens (tertiary/aromatic N) is 2. The molecule has 2 nitrogen and oxygen atoms in total. The molecule has 0 N–H and O–H groups in total. The Morgan fingerprint density at radius 2 is 1.28 bits per heavy atom. The van der Waals surface area contributed by atoms with Crippen LogP contribution in [0.2, 0.25) is 0 Å². The van der Waals surface area contributed by atoms with Gasteiger partial charge in [-0.15, -0.1) is 0 Å². The standard InChI is InChI=1S/C22H29N2P/c1-18(2)25(19-12-8-6-9-13-19,20-14-10-7-11-15-20)21-16-23-24(17-21)22(3,4)5/h6-18,25H,1-5H3. The first kappa shape index (κ1) is 17.9. The van der Waals surface area contributed by atoms with E-state index in [0.29, 0.717) is 5.66 Å². The van der Waals surface area contributed by atoms with Gasteiger partial charge in [-0.2, -0.15) is 0 Å². The SMILES string of the molecule is CC(C)[PH](c1ccccc1)(c1ccccc1)c1cnn(C(C)(C)C)c1. The van der Waals surface area contributed by atoms with Crippen LogP contribution in [0.25, 0.3) is 0 Å². The van der Waals surface area contributed by atoms with E-state index in [9.17, 15) is 0 Å². The zero-order valence-electron chi connectivity index (χ0n) is 15.9. The predicted octanol–water partition coefficient (Wildman–Crippen LogP) is 4.07. The summed E-state index contributed by atoms with van der Waals surface area (Å²) in [6.45, 7) is 11.3. The monoisotopic (exact) mass is 352 g/mol. The van der Waals surface area contributed by atoms with E-state index >= 15 is 0 Å². The van der Waals surface area contributed by atoms with Gasteiger partial charge in [-0.05, 0) is 0 Å². The van der Waals surface area contributed by atoms with Crippen LogP contribution in [-0.4, -0.2) is 15.4 Å². The van der Waals surface area contributed by atoms with Gasteiger partial charge in [0.25, 0.3) is 0 Å². The number of benzene rings is 2. The van der Waals surface area contributed by atoms with E-state index in [1.807, 2.05) is 0 Å². The van der Waals surface area contributed by atoms with Gasteiger partial charge in [-0.3, -0.25) is 0 Å². The first-order chi connectivity index (χ1) is 11.9. The second kappa shape index (κ2) is 6.77. The van der Waals surface area contributed by atoms with Crippen LogP contribution in [0.15, 0.2) is 73.1 Å². The molecule has 0 spiro atoms. The Labute approximate surface area is 152 Å². The van der Waals surface area contributed by atoms with Gasteiger partial charge in [-0.1, -0.05) is 0 Å². The fraction of sp³-hybridized carbons (Fsp3) is 0.318. The molecule has 0 atom stereocenters. The normalized spacial score (nSPS) is 13.2. The summed E-state index contributed by atoms with van der Waals surface area (Å²) in [6, 6.07) is 22.1. The second-order valence-electron chi connectivity index (χ2n) is 8.04. The van der Waals surface area contributed by atoms with E-state index in [-0.39, 0.29) is 5.54 Å². The van der Waals surface area contributed by atoms with Crippen LogP contribution in [0, 0.1) is 0 Å². The predicted molar refractivity (Wildman–Crippen MR) is 112 cm³/mol. The van der Waals surface area contributed by atoms with Gasteiger partial charge < -0.3 is 0 Å². The molecule has 0 aliphatic carbocycles. The summed E-state index contributed by atoms with van der Waals surface area (Å²) in [5.41, 5.74) is 0.512. The molecule has 0 bridgehead atoms. The van der Waals surface area contributed by atoms with Crippen LogP contribution in [0.5, 0.6) is 0 Å². The molecule has 0 radical (unpaired) electrons. The van der Waals surface area contributed by atoms with Crippen molar-refractivity contribution in [2.45, 2.75) is 45.8 Å². The van der Waals surface area contributed by atoms with Crippen LogP contribution >= 0.6 is 7.26 Å². The molecule has 1 heterocycles. The Morgan fingerprint density at radius 1 is 0.800 bits per heavy atom. The topological polar surface area (TPSA) is 17.8 Å². The molecular formula is C22H29N2P. The molecule has 2 aromatic carbocycles. The first-order valence-corrected chi connectivity index (χ1v) is 11.1. The maximum absolute atomic E-state index is 4.74. The molecule has 0 aliphatic rings. The van der Waals surface area contributed by atoms with Crippen molar-refractivity contribution in [1.82, 2.24) is 9.78 Å². The van der Waals surface area contributed by atoms with Crippen LogP contribution in [0.4, 0.5) is 0 Å². The number of hydrogen-bond acceptors (Lipinski definition) is 1. The Balaban J connectivity index is 2.31. The molecule has 132 valence electrons. The summed E-state index contributed by atoms with van der Waals surface area (Å²) in [4.78, 5) is 0. The van der Waals surface area contributed by atoms with Crippen molar-refractivity contribution >= 4 is 23.2 Å². The van der Waals surface area contributed by atoms with Gasteiger partial charge in [0, 0.05) is 0 Å². The average molecular weight is 352 g/mol. The molecule has 1 aromatic heterocycles. The maximum atomic E-state index is 4.74. The molecule has 0 unspecified atom stereocenters. The van der Waals surface area contributed by atoms with Crippen molar-refractivity contribution in [3.63, 3.8) is 0 Å². The van der Waals surface area contributed by atoms with Crippen molar-refractivity contribution < 1.29 is 0 Å². The van der Waals surface area contributed by atoms with Crippen LogP contribution in [-0.2, 0) is 5.54 Å². The number of hydrogen-bond donors (Lipinski definition) is 0. The van der Waals surface area contributed by atoms with Crippen molar-refractivity contribution in [3.05, 3.63) is 73.1 Å². The Hall–Kier alpha value is -1.92. The van der Waals surface area contributed by atoms with E-state index in [4.69, 9.17) is 5.10 Å². The summed E-state index contributed by atoms with van der Waals surface area (Å²) in [5.74, 6) is 0. The fourth-order valence-corrected chi connectivity index (χ4v) is 8.82. The Bertz CT molecular complexity index is 774. The molecule has 0 fully saturated rings. The summed E-state index contributed by atoms with van der Waals surface area (Å²) >= 11 is 0. The Kier molecular flexibility index (Phi) is 4.84. The minimum atomic E-state index is -2.14. The van der Waals surface area contributed by atoms with Crippen LogP contribution < -0.4 is 15.9 Å². The summed E-state index contributed by atoms with van der Waals surface area (Å²) in [6.07, 6.45) is 4.39. The average Bonchev–Trinajstić information content (AvgIpc) is 3.08. The molecule has 0 amide bonds. The summed E-state index contributed by atoms with van der Waals surface area (Å²) in [5, 5.41) is 9.02. The molecule has 0 aliphatic heterocycles. The minimum absolute atomic E-state index is 0.0112. The van der Waals surface area contributed by atoms with Crippen molar-refractivity contribution in [3.8, 4) is 0 Å². The first-order valence-electron chi connectivity index (χ1n) is 9.03. The van der Waals surface area contributed by atoms with Crippen LogP contribution in [0.3, 0.4) is 0 Å². The van der Waals surface area contributed by atoms with E-state index in [2.05, 4.69) is 112 Å². The molecule has 3 heteroatoms. The second-order valence-corrected chi connectivity index (χ2v) is 12.5. The summed E-state index contributed by atoms with van der Waals surface area (Å²) < 4.78 is 2.11.